The van der Waals surface area contributed by atoms with E-state index in [-0.39, 0.29) is 12.5 Å². The van der Waals surface area contributed by atoms with E-state index in [1.165, 1.54) is 0 Å². The zero-order valence-electron chi connectivity index (χ0n) is 7.86. The molecule has 0 spiro atoms. The van der Waals surface area contributed by atoms with Gasteiger partial charge in [-0.1, -0.05) is 12.8 Å². The van der Waals surface area contributed by atoms with Gasteiger partial charge in [0.15, 0.2) is 0 Å². The summed E-state index contributed by atoms with van der Waals surface area (Å²) in [7, 11) is -3.16. The average Bonchev–Trinajstić information content (AvgIpc) is 2.50. The van der Waals surface area contributed by atoms with Gasteiger partial charge in [-0.15, -0.1) is 0 Å². The highest BCUT2D eigenvalue weighted by atomic mass is 32.2. The first kappa shape index (κ1) is 10.9. The second-order valence-corrected chi connectivity index (χ2v) is 5.57. The topological polar surface area (TPSA) is 66.4 Å². The summed E-state index contributed by atoms with van der Waals surface area (Å²) in [6.07, 6.45) is 4.94. The highest BCUT2D eigenvalue weighted by Gasteiger charge is 2.23. The quantitative estimate of drug-likeness (QED) is 0.686. The smallest absolute Gasteiger partial charge is 0.208 e. The molecule has 1 atom stereocenters. The maximum Gasteiger partial charge on any atom is 0.208 e. The lowest BCUT2D eigenvalue weighted by molar-refractivity contribution is 0.115. The molecule has 1 aliphatic carbocycles. The van der Waals surface area contributed by atoms with Crippen LogP contribution >= 0.6 is 0 Å². The van der Waals surface area contributed by atoms with Crippen LogP contribution in [0.25, 0.3) is 0 Å². The first-order valence-corrected chi connectivity index (χ1v) is 6.51. The van der Waals surface area contributed by atoms with Gasteiger partial charge in [-0.05, 0) is 18.8 Å². The van der Waals surface area contributed by atoms with E-state index in [0.717, 1.165) is 31.9 Å². The third kappa shape index (κ3) is 4.06. The predicted octanol–water partition coefficient (Wildman–Crippen LogP) is 0.0867. The van der Waals surface area contributed by atoms with Crippen LogP contribution in [0.2, 0.25) is 0 Å². The number of rotatable bonds is 4. The number of hydrogen-bond donors (Lipinski definition) is 2. The number of aliphatic hydroxyl groups excluding tert-OH is 1. The summed E-state index contributed by atoms with van der Waals surface area (Å²) in [5.41, 5.74) is 0. The van der Waals surface area contributed by atoms with Crippen LogP contribution in [0.15, 0.2) is 0 Å². The molecule has 0 aromatic rings. The molecule has 2 N–H and O–H groups in total. The summed E-state index contributed by atoms with van der Waals surface area (Å²) in [6, 6.07) is 0. The highest BCUT2D eigenvalue weighted by molar-refractivity contribution is 7.88. The van der Waals surface area contributed by atoms with Gasteiger partial charge in [0.05, 0.1) is 12.4 Å². The molecule has 1 saturated carbocycles. The Balaban J connectivity index is 2.28. The molecule has 0 aromatic heterocycles. The Morgan fingerprint density at radius 1 is 1.46 bits per heavy atom. The Hall–Kier alpha value is -0.130. The molecular weight excluding hydrogens is 190 g/mol. The van der Waals surface area contributed by atoms with Crippen molar-refractivity contribution in [3.8, 4) is 0 Å². The maximum atomic E-state index is 10.7. The Labute approximate surface area is 79.4 Å². The van der Waals surface area contributed by atoms with E-state index in [9.17, 15) is 13.5 Å². The van der Waals surface area contributed by atoms with Gasteiger partial charge in [-0.2, -0.15) is 0 Å². The standard InChI is InChI=1S/C8H17NO3S/c1-13(11,12)9-6-8(10)7-4-2-3-5-7/h7-10H,2-6H2,1H3/t8-/m0/s1. The lowest BCUT2D eigenvalue weighted by atomic mass is 10.0. The van der Waals surface area contributed by atoms with Crippen LogP contribution < -0.4 is 4.72 Å². The third-order valence-corrected chi connectivity index (χ3v) is 3.19. The first-order valence-electron chi connectivity index (χ1n) is 4.62. The van der Waals surface area contributed by atoms with Gasteiger partial charge in [0.2, 0.25) is 10.0 Å². The number of aliphatic hydroxyl groups is 1. The van der Waals surface area contributed by atoms with Crippen LogP contribution in [0.3, 0.4) is 0 Å². The van der Waals surface area contributed by atoms with Gasteiger partial charge < -0.3 is 5.11 Å². The molecule has 0 radical (unpaired) electrons. The minimum Gasteiger partial charge on any atom is -0.391 e. The molecule has 4 nitrogen and oxygen atoms in total. The van der Waals surface area contributed by atoms with Gasteiger partial charge in [-0.25, -0.2) is 13.1 Å². The van der Waals surface area contributed by atoms with Crippen LogP contribution in [-0.4, -0.2) is 32.4 Å². The Kier molecular flexibility index (Phi) is 3.70. The molecule has 0 saturated heterocycles. The Morgan fingerprint density at radius 2 is 2.00 bits per heavy atom. The van der Waals surface area contributed by atoms with E-state index in [2.05, 4.69) is 4.72 Å². The van der Waals surface area contributed by atoms with E-state index >= 15 is 0 Å². The van der Waals surface area contributed by atoms with Crippen molar-refractivity contribution in [1.29, 1.82) is 0 Å². The molecule has 0 amide bonds. The van der Waals surface area contributed by atoms with E-state index < -0.39 is 16.1 Å². The van der Waals surface area contributed by atoms with Gasteiger partial charge in [0, 0.05) is 6.54 Å². The van der Waals surface area contributed by atoms with E-state index in [4.69, 9.17) is 0 Å². The molecule has 1 rings (SSSR count). The maximum absolute atomic E-state index is 10.7. The van der Waals surface area contributed by atoms with E-state index in [1.54, 1.807) is 0 Å². The second kappa shape index (κ2) is 4.39. The van der Waals surface area contributed by atoms with Crippen LogP contribution in [0.1, 0.15) is 25.7 Å². The van der Waals surface area contributed by atoms with Crippen molar-refractivity contribution >= 4 is 10.0 Å². The lowest BCUT2D eigenvalue weighted by Crippen LogP contribution is -2.34. The fraction of sp³-hybridized carbons (Fsp3) is 1.00. The normalized spacial score (nSPS) is 22.0. The predicted molar refractivity (Wildman–Crippen MR) is 50.8 cm³/mol. The minimum atomic E-state index is -3.16. The number of hydrogen-bond acceptors (Lipinski definition) is 3. The summed E-state index contributed by atoms with van der Waals surface area (Å²) >= 11 is 0. The molecule has 0 heterocycles. The number of sulfonamides is 1. The summed E-state index contributed by atoms with van der Waals surface area (Å²) in [5, 5.41) is 9.59. The van der Waals surface area contributed by atoms with Crippen LogP contribution in [0.5, 0.6) is 0 Å². The molecule has 78 valence electrons. The average molecular weight is 207 g/mol. The van der Waals surface area contributed by atoms with Crippen LogP contribution in [-0.2, 0) is 10.0 Å². The molecule has 0 aliphatic heterocycles. The molecule has 0 unspecified atom stereocenters. The van der Waals surface area contributed by atoms with Crippen molar-refractivity contribution < 1.29 is 13.5 Å². The van der Waals surface area contributed by atoms with Gasteiger partial charge in [0.25, 0.3) is 0 Å². The van der Waals surface area contributed by atoms with Crippen molar-refractivity contribution in [2.24, 2.45) is 5.92 Å². The largest absolute Gasteiger partial charge is 0.391 e. The fourth-order valence-corrected chi connectivity index (χ4v) is 2.22. The molecule has 0 aromatic carbocycles. The highest BCUT2D eigenvalue weighted by Crippen LogP contribution is 2.27. The van der Waals surface area contributed by atoms with E-state index in [0.29, 0.717) is 0 Å². The van der Waals surface area contributed by atoms with Gasteiger partial charge in [-0.3, -0.25) is 0 Å². The summed E-state index contributed by atoms with van der Waals surface area (Å²) in [5.74, 6) is 0.286. The third-order valence-electron chi connectivity index (χ3n) is 2.50. The second-order valence-electron chi connectivity index (χ2n) is 3.73. The molecule has 13 heavy (non-hydrogen) atoms. The molecule has 0 bridgehead atoms. The molecule has 1 fully saturated rings. The number of nitrogens with one attached hydrogen (secondary N) is 1. The summed E-state index contributed by atoms with van der Waals surface area (Å²) in [6.45, 7) is 0.156. The molecule has 1 aliphatic rings. The minimum absolute atomic E-state index is 0.156. The van der Waals surface area contributed by atoms with Crippen molar-refractivity contribution in [3.63, 3.8) is 0 Å². The summed E-state index contributed by atoms with van der Waals surface area (Å²) in [4.78, 5) is 0. The zero-order chi connectivity index (χ0) is 9.90. The molecular formula is C8H17NO3S. The van der Waals surface area contributed by atoms with Crippen LogP contribution in [0, 0.1) is 5.92 Å². The van der Waals surface area contributed by atoms with Gasteiger partial charge >= 0.3 is 0 Å². The Morgan fingerprint density at radius 3 is 2.46 bits per heavy atom. The van der Waals surface area contributed by atoms with Crippen molar-refractivity contribution in [1.82, 2.24) is 4.72 Å². The van der Waals surface area contributed by atoms with Crippen LogP contribution in [0.4, 0.5) is 0 Å². The zero-order valence-corrected chi connectivity index (χ0v) is 8.68. The van der Waals surface area contributed by atoms with Crippen molar-refractivity contribution in [3.05, 3.63) is 0 Å². The monoisotopic (exact) mass is 207 g/mol. The summed E-state index contributed by atoms with van der Waals surface area (Å²) < 4.78 is 23.8. The van der Waals surface area contributed by atoms with E-state index in [1.807, 2.05) is 0 Å². The molecule has 5 heteroatoms. The van der Waals surface area contributed by atoms with Gasteiger partial charge in [0.1, 0.15) is 0 Å². The van der Waals surface area contributed by atoms with Crippen molar-refractivity contribution in [2.75, 3.05) is 12.8 Å². The first-order chi connectivity index (χ1) is 5.99. The lowest BCUT2D eigenvalue weighted by Gasteiger charge is -2.17. The SMILES string of the molecule is CS(=O)(=O)NC[C@H](O)C1CCCC1. The Bertz CT molecular complexity index is 244. The van der Waals surface area contributed by atoms with Crippen molar-refractivity contribution in [2.45, 2.75) is 31.8 Å². The fourth-order valence-electron chi connectivity index (χ4n) is 1.75.